The van der Waals surface area contributed by atoms with Crippen LogP contribution in [0.2, 0.25) is 0 Å². The van der Waals surface area contributed by atoms with Crippen molar-refractivity contribution in [1.82, 2.24) is 10.3 Å². The van der Waals surface area contributed by atoms with Gasteiger partial charge in [-0.05, 0) is 24.6 Å². The monoisotopic (exact) mass is 292 g/mol. The molecule has 0 atom stereocenters. The first-order valence-electron chi connectivity index (χ1n) is 6.60. The zero-order chi connectivity index (χ0) is 14.2. The van der Waals surface area contributed by atoms with Crippen molar-refractivity contribution >= 4 is 11.3 Å². The summed E-state index contributed by atoms with van der Waals surface area (Å²) in [5.41, 5.74) is 2.18. The molecule has 2 aromatic rings. The highest BCUT2D eigenvalue weighted by Gasteiger charge is 2.01. The van der Waals surface area contributed by atoms with Crippen molar-refractivity contribution in [2.45, 2.75) is 20.1 Å². The van der Waals surface area contributed by atoms with Crippen LogP contribution in [0.15, 0.2) is 29.6 Å². The second-order valence-electron chi connectivity index (χ2n) is 4.46. The molecule has 2 rings (SSSR count). The number of nitrogens with one attached hydrogen (secondary N) is 1. The predicted molar refractivity (Wildman–Crippen MR) is 81.2 cm³/mol. The van der Waals surface area contributed by atoms with Crippen LogP contribution in [0.1, 0.15) is 16.3 Å². The van der Waals surface area contributed by atoms with Gasteiger partial charge in [0.1, 0.15) is 12.4 Å². The Balaban J connectivity index is 1.82. The Morgan fingerprint density at radius 2 is 2.25 bits per heavy atom. The molecule has 0 fully saturated rings. The highest BCUT2D eigenvalue weighted by molar-refractivity contribution is 7.09. The number of thiazole rings is 1. The minimum atomic E-state index is 0.519. The fourth-order valence-electron chi connectivity index (χ4n) is 1.78. The number of hydrogen-bond donors (Lipinski definition) is 1. The average Bonchev–Trinajstić information content (AvgIpc) is 2.88. The molecular weight excluding hydrogens is 272 g/mol. The van der Waals surface area contributed by atoms with Gasteiger partial charge >= 0.3 is 0 Å². The average molecular weight is 292 g/mol. The SMILES string of the molecule is COCCNCc1cccc(OCc2csc(C)n2)c1. The van der Waals surface area contributed by atoms with Crippen molar-refractivity contribution < 1.29 is 9.47 Å². The normalized spacial score (nSPS) is 10.7. The van der Waals surface area contributed by atoms with E-state index in [1.165, 1.54) is 5.56 Å². The van der Waals surface area contributed by atoms with E-state index in [9.17, 15) is 0 Å². The third-order valence-electron chi connectivity index (χ3n) is 2.76. The van der Waals surface area contributed by atoms with Crippen molar-refractivity contribution in [3.63, 3.8) is 0 Å². The van der Waals surface area contributed by atoms with E-state index in [1.54, 1.807) is 18.4 Å². The molecule has 1 aromatic heterocycles. The molecule has 1 aromatic carbocycles. The fraction of sp³-hybridized carbons (Fsp3) is 0.400. The Morgan fingerprint density at radius 3 is 3.00 bits per heavy atom. The molecule has 4 nitrogen and oxygen atoms in total. The van der Waals surface area contributed by atoms with Crippen molar-refractivity contribution in [3.05, 3.63) is 45.9 Å². The molecule has 0 unspecified atom stereocenters. The van der Waals surface area contributed by atoms with E-state index in [1.807, 2.05) is 24.4 Å². The largest absolute Gasteiger partial charge is 0.487 e. The zero-order valence-electron chi connectivity index (χ0n) is 11.9. The minimum absolute atomic E-state index is 0.519. The second-order valence-corrected chi connectivity index (χ2v) is 5.53. The highest BCUT2D eigenvalue weighted by atomic mass is 32.1. The molecule has 1 N–H and O–H groups in total. The molecule has 108 valence electrons. The van der Waals surface area contributed by atoms with Crippen LogP contribution in [0.4, 0.5) is 0 Å². The minimum Gasteiger partial charge on any atom is -0.487 e. The van der Waals surface area contributed by atoms with Gasteiger partial charge in [0.25, 0.3) is 0 Å². The summed E-state index contributed by atoms with van der Waals surface area (Å²) in [6.45, 7) is 4.90. The number of ether oxygens (including phenoxy) is 2. The summed E-state index contributed by atoms with van der Waals surface area (Å²) in [6, 6.07) is 8.12. The van der Waals surface area contributed by atoms with Crippen molar-refractivity contribution in [1.29, 1.82) is 0 Å². The van der Waals surface area contributed by atoms with Crippen LogP contribution < -0.4 is 10.1 Å². The molecule has 0 radical (unpaired) electrons. The standard InChI is InChI=1S/C15H20N2O2S/c1-12-17-14(11-20-12)10-19-15-5-3-4-13(8-15)9-16-6-7-18-2/h3-5,8,11,16H,6-7,9-10H2,1-2H3. The van der Waals surface area contributed by atoms with Gasteiger partial charge in [0, 0.05) is 25.6 Å². The van der Waals surface area contributed by atoms with E-state index in [0.717, 1.165) is 36.1 Å². The molecule has 1 heterocycles. The van der Waals surface area contributed by atoms with E-state index >= 15 is 0 Å². The van der Waals surface area contributed by atoms with Crippen LogP contribution >= 0.6 is 11.3 Å². The van der Waals surface area contributed by atoms with Crippen LogP contribution in [0.5, 0.6) is 5.75 Å². The number of methoxy groups -OCH3 is 1. The van der Waals surface area contributed by atoms with Gasteiger partial charge in [0.05, 0.1) is 17.3 Å². The smallest absolute Gasteiger partial charge is 0.131 e. The lowest BCUT2D eigenvalue weighted by Crippen LogP contribution is -2.18. The number of hydrogen-bond acceptors (Lipinski definition) is 5. The van der Waals surface area contributed by atoms with Crippen molar-refractivity contribution in [2.24, 2.45) is 0 Å². The number of aryl methyl sites for hydroxylation is 1. The Morgan fingerprint density at radius 1 is 1.35 bits per heavy atom. The Hall–Kier alpha value is -1.43. The van der Waals surface area contributed by atoms with Gasteiger partial charge in [0.2, 0.25) is 0 Å². The van der Waals surface area contributed by atoms with Crippen molar-refractivity contribution in [3.8, 4) is 5.75 Å². The summed E-state index contributed by atoms with van der Waals surface area (Å²) in [5.74, 6) is 0.877. The lowest BCUT2D eigenvalue weighted by Gasteiger charge is -2.08. The molecule has 0 aliphatic heterocycles. The highest BCUT2D eigenvalue weighted by Crippen LogP contribution is 2.16. The maximum Gasteiger partial charge on any atom is 0.131 e. The van der Waals surface area contributed by atoms with Gasteiger partial charge in [-0.1, -0.05) is 12.1 Å². The quantitative estimate of drug-likeness (QED) is 0.760. The number of aromatic nitrogens is 1. The van der Waals surface area contributed by atoms with Gasteiger partial charge in [-0.15, -0.1) is 11.3 Å². The molecule has 5 heteroatoms. The van der Waals surface area contributed by atoms with Crippen LogP contribution in [0, 0.1) is 6.92 Å². The molecule has 0 saturated carbocycles. The number of rotatable bonds is 8. The number of benzene rings is 1. The topological polar surface area (TPSA) is 43.4 Å². The van der Waals surface area contributed by atoms with Crippen LogP contribution in [0.25, 0.3) is 0 Å². The zero-order valence-corrected chi connectivity index (χ0v) is 12.7. The Labute approximate surface area is 123 Å². The molecular formula is C15H20N2O2S. The third kappa shape index (κ3) is 4.92. The van der Waals surface area contributed by atoms with Crippen LogP contribution in [-0.4, -0.2) is 25.2 Å². The van der Waals surface area contributed by atoms with E-state index in [0.29, 0.717) is 6.61 Å². The molecule has 0 saturated heterocycles. The predicted octanol–water partition coefficient (Wildman–Crippen LogP) is 2.77. The molecule has 0 aliphatic rings. The fourth-order valence-corrected chi connectivity index (χ4v) is 2.38. The maximum atomic E-state index is 5.77. The number of nitrogens with zero attached hydrogens (tertiary/aromatic N) is 1. The first-order chi connectivity index (χ1) is 9.78. The summed E-state index contributed by atoms with van der Waals surface area (Å²) in [4.78, 5) is 4.39. The van der Waals surface area contributed by atoms with Crippen LogP contribution in [0.3, 0.4) is 0 Å². The first-order valence-corrected chi connectivity index (χ1v) is 7.48. The van der Waals surface area contributed by atoms with E-state index < -0.39 is 0 Å². The first kappa shape index (κ1) is 15.0. The molecule has 0 amide bonds. The lowest BCUT2D eigenvalue weighted by atomic mass is 10.2. The van der Waals surface area contributed by atoms with Crippen LogP contribution in [-0.2, 0) is 17.9 Å². The molecule has 20 heavy (non-hydrogen) atoms. The van der Waals surface area contributed by atoms with Gasteiger partial charge in [-0.2, -0.15) is 0 Å². The third-order valence-corrected chi connectivity index (χ3v) is 3.59. The Kier molecular flexibility index (Phi) is 5.98. The van der Waals surface area contributed by atoms with Gasteiger partial charge < -0.3 is 14.8 Å². The second kappa shape index (κ2) is 7.99. The summed E-state index contributed by atoms with van der Waals surface area (Å²) in [5, 5.41) is 6.42. The summed E-state index contributed by atoms with van der Waals surface area (Å²) >= 11 is 1.65. The molecule has 0 aliphatic carbocycles. The van der Waals surface area contributed by atoms with Gasteiger partial charge in [-0.25, -0.2) is 4.98 Å². The summed E-state index contributed by atoms with van der Waals surface area (Å²) in [6.07, 6.45) is 0. The van der Waals surface area contributed by atoms with E-state index in [-0.39, 0.29) is 0 Å². The molecule has 0 spiro atoms. The van der Waals surface area contributed by atoms with Gasteiger partial charge in [-0.3, -0.25) is 0 Å². The maximum absolute atomic E-state index is 5.77. The van der Waals surface area contributed by atoms with E-state index in [2.05, 4.69) is 22.4 Å². The summed E-state index contributed by atoms with van der Waals surface area (Å²) in [7, 11) is 1.70. The lowest BCUT2D eigenvalue weighted by molar-refractivity contribution is 0.199. The van der Waals surface area contributed by atoms with Crippen molar-refractivity contribution in [2.75, 3.05) is 20.3 Å². The molecule has 0 bridgehead atoms. The summed E-state index contributed by atoms with van der Waals surface area (Å²) < 4.78 is 10.8. The van der Waals surface area contributed by atoms with Gasteiger partial charge in [0.15, 0.2) is 0 Å². The van der Waals surface area contributed by atoms with E-state index in [4.69, 9.17) is 9.47 Å². The Bertz CT molecular complexity index is 528.